The standard InChI is InChI=1S/C8H16N2/c9-8-5-10-4-3-7(8)6-1-2-6/h6-8,10H,1-5,9H2/t7?,8-/m0/s1. The number of hydrogen-bond donors (Lipinski definition) is 2. The zero-order chi connectivity index (χ0) is 6.97. The van der Waals surface area contributed by atoms with E-state index in [9.17, 15) is 0 Å². The molecule has 1 heterocycles. The molecule has 2 fully saturated rings. The summed E-state index contributed by atoms with van der Waals surface area (Å²) in [7, 11) is 0. The summed E-state index contributed by atoms with van der Waals surface area (Å²) in [5.74, 6) is 1.85. The van der Waals surface area contributed by atoms with Crippen LogP contribution < -0.4 is 11.1 Å². The molecule has 1 saturated heterocycles. The molecule has 2 rings (SSSR count). The quantitative estimate of drug-likeness (QED) is 0.551. The summed E-state index contributed by atoms with van der Waals surface area (Å²) in [5, 5.41) is 3.32. The van der Waals surface area contributed by atoms with Crippen LogP contribution in [0.5, 0.6) is 0 Å². The Morgan fingerprint density at radius 2 is 2.00 bits per heavy atom. The molecule has 58 valence electrons. The van der Waals surface area contributed by atoms with Crippen molar-refractivity contribution in [2.75, 3.05) is 13.1 Å². The summed E-state index contributed by atoms with van der Waals surface area (Å²) in [6.45, 7) is 2.23. The highest BCUT2D eigenvalue weighted by molar-refractivity contribution is 4.91. The number of piperidine rings is 1. The van der Waals surface area contributed by atoms with E-state index in [1.807, 2.05) is 0 Å². The van der Waals surface area contributed by atoms with Crippen LogP contribution in [0.25, 0.3) is 0 Å². The number of nitrogens with two attached hydrogens (primary N) is 1. The third-order valence-corrected chi connectivity index (χ3v) is 2.81. The summed E-state index contributed by atoms with van der Waals surface area (Å²) in [6, 6.07) is 0.446. The fourth-order valence-corrected chi connectivity index (χ4v) is 2.01. The molecule has 3 N–H and O–H groups in total. The predicted molar refractivity (Wildman–Crippen MR) is 41.7 cm³/mol. The molecule has 1 unspecified atom stereocenters. The van der Waals surface area contributed by atoms with E-state index in [-0.39, 0.29) is 0 Å². The molecule has 1 aliphatic heterocycles. The van der Waals surface area contributed by atoms with Crippen molar-refractivity contribution >= 4 is 0 Å². The van der Waals surface area contributed by atoms with Gasteiger partial charge in [0.05, 0.1) is 0 Å². The van der Waals surface area contributed by atoms with Gasteiger partial charge in [0.15, 0.2) is 0 Å². The first-order valence-electron chi connectivity index (χ1n) is 4.34. The van der Waals surface area contributed by atoms with Gasteiger partial charge in [0.25, 0.3) is 0 Å². The normalized spacial score (nSPS) is 41.7. The highest BCUT2D eigenvalue weighted by Crippen LogP contribution is 2.40. The maximum absolute atomic E-state index is 5.96. The van der Waals surface area contributed by atoms with Crippen LogP contribution in [0.1, 0.15) is 19.3 Å². The molecule has 0 aromatic rings. The number of nitrogens with one attached hydrogen (secondary N) is 1. The van der Waals surface area contributed by atoms with Gasteiger partial charge in [-0.1, -0.05) is 0 Å². The summed E-state index contributed by atoms with van der Waals surface area (Å²) in [4.78, 5) is 0. The summed E-state index contributed by atoms with van der Waals surface area (Å²) >= 11 is 0. The Labute approximate surface area is 62.2 Å². The van der Waals surface area contributed by atoms with Crippen LogP contribution in [-0.2, 0) is 0 Å². The number of rotatable bonds is 1. The minimum atomic E-state index is 0.446. The lowest BCUT2D eigenvalue weighted by molar-refractivity contribution is 0.292. The zero-order valence-corrected chi connectivity index (χ0v) is 6.34. The molecule has 0 bridgehead atoms. The average molecular weight is 140 g/mol. The van der Waals surface area contributed by atoms with Gasteiger partial charge in [-0.25, -0.2) is 0 Å². The summed E-state index contributed by atoms with van der Waals surface area (Å²) in [6.07, 6.45) is 4.20. The minimum Gasteiger partial charge on any atom is -0.326 e. The Hall–Kier alpha value is -0.0800. The Kier molecular flexibility index (Phi) is 1.66. The molecule has 1 saturated carbocycles. The highest BCUT2D eigenvalue weighted by atomic mass is 14.9. The Balaban J connectivity index is 1.90. The van der Waals surface area contributed by atoms with Crippen LogP contribution in [0, 0.1) is 11.8 Å². The number of hydrogen-bond acceptors (Lipinski definition) is 2. The van der Waals surface area contributed by atoms with Gasteiger partial charge in [-0.05, 0) is 37.6 Å². The maximum atomic E-state index is 5.96. The molecule has 2 nitrogen and oxygen atoms in total. The summed E-state index contributed by atoms with van der Waals surface area (Å²) < 4.78 is 0. The lowest BCUT2D eigenvalue weighted by atomic mass is 9.89. The van der Waals surface area contributed by atoms with Crippen molar-refractivity contribution in [3.05, 3.63) is 0 Å². The molecule has 2 aliphatic rings. The van der Waals surface area contributed by atoms with Crippen molar-refractivity contribution in [2.24, 2.45) is 17.6 Å². The monoisotopic (exact) mass is 140 g/mol. The first-order chi connectivity index (χ1) is 4.88. The van der Waals surface area contributed by atoms with Gasteiger partial charge in [0.2, 0.25) is 0 Å². The van der Waals surface area contributed by atoms with E-state index in [2.05, 4.69) is 5.32 Å². The van der Waals surface area contributed by atoms with Crippen LogP contribution in [0.4, 0.5) is 0 Å². The molecule has 0 aromatic carbocycles. The van der Waals surface area contributed by atoms with Crippen LogP contribution in [0.15, 0.2) is 0 Å². The molecule has 0 spiro atoms. The highest BCUT2D eigenvalue weighted by Gasteiger charge is 2.35. The van der Waals surface area contributed by atoms with E-state index in [1.165, 1.54) is 25.8 Å². The van der Waals surface area contributed by atoms with Crippen molar-refractivity contribution < 1.29 is 0 Å². The van der Waals surface area contributed by atoms with E-state index in [0.29, 0.717) is 6.04 Å². The first-order valence-corrected chi connectivity index (χ1v) is 4.34. The Bertz CT molecular complexity index is 120. The van der Waals surface area contributed by atoms with Crippen molar-refractivity contribution in [2.45, 2.75) is 25.3 Å². The fourth-order valence-electron chi connectivity index (χ4n) is 2.01. The van der Waals surface area contributed by atoms with E-state index in [1.54, 1.807) is 0 Å². The van der Waals surface area contributed by atoms with Crippen LogP contribution >= 0.6 is 0 Å². The van der Waals surface area contributed by atoms with Crippen LogP contribution in [0.3, 0.4) is 0 Å². The smallest absolute Gasteiger partial charge is 0.0197 e. The molecular formula is C8H16N2. The van der Waals surface area contributed by atoms with Gasteiger partial charge in [0, 0.05) is 12.6 Å². The predicted octanol–water partition coefficient (Wildman–Crippen LogP) is 0.333. The molecule has 0 aromatic heterocycles. The van der Waals surface area contributed by atoms with Crippen LogP contribution in [0.2, 0.25) is 0 Å². The molecule has 1 aliphatic carbocycles. The minimum absolute atomic E-state index is 0.446. The molecule has 0 radical (unpaired) electrons. The van der Waals surface area contributed by atoms with E-state index < -0.39 is 0 Å². The van der Waals surface area contributed by atoms with Gasteiger partial charge >= 0.3 is 0 Å². The maximum Gasteiger partial charge on any atom is 0.0197 e. The lowest BCUT2D eigenvalue weighted by Crippen LogP contribution is -2.46. The molecule has 0 amide bonds. The molecule has 2 atom stereocenters. The average Bonchev–Trinajstić information content (AvgIpc) is 2.71. The molecule has 2 heteroatoms. The van der Waals surface area contributed by atoms with Gasteiger partial charge in [-0.15, -0.1) is 0 Å². The topological polar surface area (TPSA) is 38.0 Å². The SMILES string of the molecule is N[C@H]1CNCCC1C1CC1. The largest absolute Gasteiger partial charge is 0.326 e. The first kappa shape index (κ1) is 6.62. The third kappa shape index (κ3) is 1.18. The second-order valence-corrected chi connectivity index (χ2v) is 3.66. The van der Waals surface area contributed by atoms with Gasteiger partial charge in [0.1, 0.15) is 0 Å². The fraction of sp³-hybridized carbons (Fsp3) is 1.00. The molecule has 10 heavy (non-hydrogen) atoms. The van der Waals surface area contributed by atoms with Gasteiger partial charge < -0.3 is 11.1 Å². The lowest BCUT2D eigenvalue weighted by Gasteiger charge is -2.29. The van der Waals surface area contributed by atoms with Crippen molar-refractivity contribution in [3.8, 4) is 0 Å². The van der Waals surface area contributed by atoms with Gasteiger partial charge in [-0.2, -0.15) is 0 Å². The van der Waals surface area contributed by atoms with E-state index in [0.717, 1.165) is 18.4 Å². The van der Waals surface area contributed by atoms with Crippen molar-refractivity contribution in [1.29, 1.82) is 0 Å². The van der Waals surface area contributed by atoms with Crippen molar-refractivity contribution in [3.63, 3.8) is 0 Å². The Morgan fingerprint density at radius 3 is 2.60 bits per heavy atom. The van der Waals surface area contributed by atoms with E-state index in [4.69, 9.17) is 5.73 Å². The third-order valence-electron chi connectivity index (χ3n) is 2.81. The van der Waals surface area contributed by atoms with E-state index >= 15 is 0 Å². The second kappa shape index (κ2) is 2.51. The summed E-state index contributed by atoms with van der Waals surface area (Å²) in [5.41, 5.74) is 5.96. The van der Waals surface area contributed by atoms with Crippen molar-refractivity contribution in [1.82, 2.24) is 5.32 Å². The second-order valence-electron chi connectivity index (χ2n) is 3.66. The molecular weight excluding hydrogens is 124 g/mol. The Morgan fingerprint density at radius 1 is 1.20 bits per heavy atom. The van der Waals surface area contributed by atoms with Gasteiger partial charge in [-0.3, -0.25) is 0 Å². The zero-order valence-electron chi connectivity index (χ0n) is 6.34. The van der Waals surface area contributed by atoms with Crippen LogP contribution in [-0.4, -0.2) is 19.1 Å².